The topological polar surface area (TPSA) is 127 Å². The number of benzene rings is 5. The number of carbonyl (C=O) groups is 4. The minimum absolute atomic E-state index is 0.00768. The lowest BCUT2D eigenvalue weighted by Crippen LogP contribution is -2.45. The fourth-order valence-electron chi connectivity index (χ4n) is 5.46. The van der Waals surface area contributed by atoms with E-state index in [1.165, 1.54) is 74.5 Å². The highest BCUT2D eigenvalue weighted by Crippen LogP contribution is 2.34. The number of aryl methyl sites for hydroxylation is 3. The summed E-state index contributed by atoms with van der Waals surface area (Å²) in [5.74, 6) is -3.97. The molecule has 10 heteroatoms. The number of para-hydroxylation sites is 4. The summed E-state index contributed by atoms with van der Waals surface area (Å²) in [5.41, 5.74) is 1.07. The molecular weight excluding hydrogens is 626 g/mol. The molecule has 2 N–H and O–H groups in total. The van der Waals surface area contributed by atoms with Crippen LogP contribution in [0.2, 0.25) is 0 Å². The van der Waals surface area contributed by atoms with Crippen LogP contribution in [0.3, 0.4) is 0 Å². The van der Waals surface area contributed by atoms with Gasteiger partial charge in [0.15, 0.2) is 23.1 Å². The Balaban J connectivity index is 1.69. The molecule has 0 fully saturated rings. The Morgan fingerprint density at radius 3 is 1.65 bits per heavy atom. The van der Waals surface area contributed by atoms with Crippen LogP contribution in [0.1, 0.15) is 83.1 Å². The molecule has 0 aliphatic heterocycles. The molecule has 0 aromatic heterocycles. The van der Waals surface area contributed by atoms with Crippen LogP contribution in [0, 0.1) is 26.6 Å². The Bertz CT molecular complexity index is 2160. The van der Waals surface area contributed by atoms with Crippen LogP contribution >= 0.6 is 0 Å². The fourth-order valence-corrected chi connectivity index (χ4v) is 5.46. The first-order chi connectivity index (χ1) is 23.3. The van der Waals surface area contributed by atoms with Crippen LogP contribution in [0.25, 0.3) is 0 Å². The number of hydrogen-bond donors (Lipinski definition) is 2. The van der Waals surface area contributed by atoms with Crippen molar-refractivity contribution in [2.24, 2.45) is 0 Å². The molecule has 5 aromatic carbocycles. The van der Waals surface area contributed by atoms with E-state index in [4.69, 9.17) is 9.31 Å². The third kappa shape index (κ3) is 6.85. The average Bonchev–Trinajstić information content (AvgIpc) is 3.06. The maximum absolute atomic E-state index is 15.6. The summed E-state index contributed by atoms with van der Waals surface area (Å²) in [6.07, 6.45) is 0. The molecule has 246 valence electrons. The first-order valence-corrected chi connectivity index (χ1v) is 15.3. The number of aromatic hydroxyl groups is 2. The highest BCUT2D eigenvalue weighted by atomic mass is 19.1. The van der Waals surface area contributed by atoms with Gasteiger partial charge in [0.1, 0.15) is 28.8 Å². The standard InChI is InChI=1S/C39H32BFO8/c1-21-18-19-33(41)32(20-21)40(48-38-23(3)11-7-16-30(38)37(47)29-15-8-12-26(24(4)42)35(29)45)49-39-27(25(5)43)13-9-17-31(39)36(46)28-14-6-10-22(2)34(28)44/h6-20,44-45H,1-5H3. The van der Waals surface area contributed by atoms with Gasteiger partial charge in [-0.25, -0.2) is 4.39 Å². The van der Waals surface area contributed by atoms with E-state index in [0.29, 0.717) is 16.7 Å². The zero-order chi connectivity index (χ0) is 35.6. The Morgan fingerprint density at radius 1 is 0.571 bits per heavy atom. The van der Waals surface area contributed by atoms with Gasteiger partial charge in [-0.3, -0.25) is 19.2 Å². The van der Waals surface area contributed by atoms with Crippen LogP contribution < -0.4 is 14.8 Å². The molecule has 8 nitrogen and oxygen atoms in total. The Kier molecular flexibility index (Phi) is 9.80. The summed E-state index contributed by atoms with van der Waals surface area (Å²) in [7, 11) is -1.66. The summed E-state index contributed by atoms with van der Waals surface area (Å²) in [5, 5.41) is 21.6. The summed E-state index contributed by atoms with van der Waals surface area (Å²) in [6, 6.07) is 22.2. The highest BCUT2D eigenvalue weighted by molar-refractivity contribution is 6.63. The molecule has 0 heterocycles. The van der Waals surface area contributed by atoms with Crippen LogP contribution in [0.5, 0.6) is 23.0 Å². The van der Waals surface area contributed by atoms with Gasteiger partial charge in [-0.1, -0.05) is 54.1 Å². The van der Waals surface area contributed by atoms with Gasteiger partial charge < -0.3 is 19.5 Å². The van der Waals surface area contributed by atoms with Gasteiger partial charge in [-0.05, 0) is 88.2 Å². The summed E-state index contributed by atoms with van der Waals surface area (Å²) in [4.78, 5) is 52.9. The number of rotatable bonds is 11. The van der Waals surface area contributed by atoms with Crippen LogP contribution in [0.15, 0.2) is 91.0 Å². The quantitative estimate of drug-likeness (QED) is 0.116. The molecule has 0 unspecified atom stereocenters. The van der Waals surface area contributed by atoms with Crippen molar-refractivity contribution in [2.75, 3.05) is 0 Å². The molecule has 0 bridgehead atoms. The van der Waals surface area contributed by atoms with Crippen molar-refractivity contribution in [3.63, 3.8) is 0 Å². The zero-order valence-electron chi connectivity index (χ0n) is 27.5. The summed E-state index contributed by atoms with van der Waals surface area (Å²) >= 11 is 0. The lowest BCUT2D eigenvalue weighted by atomic mass is 9.76. The second-order valence-corrected chi connectivity index (χ2v) is 11.7. The lowest BCUT2D eigenvalue weighted by molar-refractivity contribution is 0.0999. The number of Topliss-reactive ketones (excluding diaryl/α,β-unsaturated/α-hetero) is 2. The average molecular weight is 658 g/mol. The Labute approximate surface area is 282 Å². The van der Waals surface area contributed by atoms with Crippen molar-refractivity contribution >= 4 is 35.7 Å². The van der Waals surface area contributed by atoms with E-state index in [2.05, 4.69) is 0 Å². The van der Waals surface area contributed by atoms with Gasteiger partial charge in [0.05, 0.1) is 33.4 Å². The molecule has 0 saturated carbocycles. The lowest BCUT2D eigenvalue weighted by Gasteiger charge is -2.23. The van der Waals surface area contributed by atoms with E-state index in [9.17, 15) is 29.4 Å². The molecule has 0 amide bonds. The third-order valence-corrected chi connectivity index (χ3v) is 8.09. The minimum Gasteiger partial charge on any atom is -0.521 e. The molecule has 0 radical (unpaired) electrons. The van der Waals surface area contributed by atoms with E-state index in [-0.39, 0.29) is 56.1 Å². The van der Waals surface area contributed by atoms with Crippen molar-refractivity contribution in [1.29, 1.82) is 0 Å². The van der Waals surface area contributed by atoms with E-state index >= 15 is 4.39 Å². The Hall–Kier alpha value is -6.03. The number of phenols is 2. The van der Waals surface area contributed by atoms with Crippen molar-refractivity contribution in [2.45, 2.75) is 34.6 Å². The predicted molar refractivity (Wildman–Crippen MR) is 183 cm³/mol. The van der Waals surface area contributed by atoms with E-state index in [1.54, 1.807) is 51.1 Å². The van der Waals surface area contributed by atoms with Gasteiger partial charge in [-0.2, -0.15) is 0 Å². The molecule has 5 aromatic rings. The monoisotopic (exact) mass is 658 g/mol. The van der Waals surface area contributed by atoms with E-state index < -0.39 is 41.8 Å². The maximum Gasteiger partial charge on any atom is 0.635 e. The van der Waals surface area contributed by atoms with Crippen molar-refractivity contribution in [3.05, 3.63) is 147 Å². The number of hydrogen-bond acceptors (Lipinski definition) is 8. The molecule has 5 rings (SSSR count). The first-order valence-electron chi connectivity index (χ1n) is 15.3. The van der Waals surface area contributed by atoms with Gasteiger partial charge >= 0.3 is 7.12 Å². The summed E-state index contributed by atoms with van der Waals surface area (Å²) < 4.78 is 28.4. The second-order valence-electron chi connectivity index (χ2n) is 11.7. The number of phenolic OH excluding ortho intramolecular Hbond substituents is 2. The van der Waals surface area contributed by atoms with Crippen LogP contribution in [-0.4, -0.2) is 40.5 Å². The van der Waals surface area contributed by atoms with Gasteiger partial charge in [0.25, 0.3) is 0 Å². The van der Waals surface area contributed by atoms with E-state index in [0.717, 1.165) is 0 Å². The zero-order valence-corrected chi connectivity index (χ0v) is 27.5. The predicted octanol–water partition coefficient (Wildman–Crippen LogP) is 6.88. The van der Waals surface area contributed by atoms with Crippen molar-refractivity contribution in [1.82, 2.24) is 0 Å². The molecule has 0 aliphatic carbocycles. The second kappa shape index (κ2) is 14.0. The Morgan fingerprint density at radius 2 is 1.04 bits per heavy atom. The highest BCUT2D eigenvalue weighted by Gasteiger charge is 2.35. The molecule has 0 spiro atoms. The van der Waals surface area contributed by atoms with Gasteiger partial charge in [0, 0.05) is 5.46 Å². The third-order valence-electron chi connectivity index (χ3n) is 8.09. The summed E-state index contributed by atoms with van der Waals surface area (Å²) in [6.45, 7) is 7.56. The minimum atomic E-state index is -1.66. The number of ketones is 4. The molecule has 49 heavy (non-hydrogen) atoms. The van der Waals surface area contributed by atoms with Crippen molar-refractivity contribution in [3.8, 4) is 23.0 Å². The molecule has 0 atom stereocenters. The smallest absolute Gasteiger partial charge is 0.521 e. The van der Waals surface area contributed by atoms with Crippen LogP contribution in [0.4, 0.5) is 4.39 Å². The molecular formula is C39H32BFO8. The van der Waals surface area contributed by atoms with Gasteiger partial charge in [0.2, 0.25) is 0 Å². The first kappa shape index (κ1) is 34.3. The number of carbonyl (C=O) groups excluding carboxylic acids is 4. The van der Waals surface area contributed by atoms with Gasteiger partial charge in [-0.15, -0.1) is 0 Å². The maximum atomic E-state index is 15.6. The number of halogens is 1. The normalized spacial score (nSPS) is 10.7. The fraction of sp³-hybridized carbons (Fsp3) is 0.128. The largest absolute Gasteiger partial charge is 0.635 e. The molecule has 0 saturated heterocycles. The molecule has 0 aliphatic rings. The SMILES string of the molecule is CC(=O)c1cccc(C(=O)c2cccc(C)c2OB(Oc2c(C(C)=O)cccc2C(=O)c2cccc(C)c2O)c2cc(C)ccc2F)c1O. The van der Waals surface area contributed by atoms with E-state index in [1.807, 2.05) is 0 Å². The van der Waals surface area contributed by atoms with Crippen molar-refractivity contribution < 1.29 is 43.1 Å². The van der Waals surface area contributed by atoms with Crippen LogP contribution in [-0.2, 0) is 0 Å².